The molecule has 1 atom stereocenters. The number of para-hydroxylation sites is 1. The molecule has 0 spiro atoms. The van der Waals surface area contributed by atoms with E-state index in [1.54, 1.807) is 0 Å². The molecule has 166 valence electrons. The zero-order chi connectivity index (χ0) is 23.0. The van der Waals surface area contributed by atoms with Crippen LogP contribution < -0.4 is 10.1 Å². The first-order valence-corrected chi connectivity index (χ1v) is 11.5. The molecule has 1 amide bonds. The molecule has 1 unspecified atom stereocenters. The third-order valence-corrected chi connectivity index (χ3v) is 6.41. The number of benzene rings is 3. The van der Waals surface area contributed by atoms with Crippen molar-refractivity contribution in [1.29, 1.82) is 0 Å². The zero-order valence-electron chi connectivity index (χ0n) is 20.0. The van der Waals surface area contributed by atoms with Crippen molar-refractivity contribution in [3.05, 3.63) is 93.5 Å². The van der Waals surface area contributed by atoms with Crippen LogP contribution in [0.3, 0.4) is 0 Å². The fourth-order valence-electron chi connectivity index (χ4n) is 4.85. The number of carbonyl (C=O) groups excluding carboxylic acids is 1. The number of nitrogens with one attached hydrogen (secondary N) is 1. The van der Waals surface area contributed by atoms with Crippen molar-refractivity contribution < 1.29 is 9.53 Å². The van der Waals surface area contributed by atoms with Crippen molar-refractivity contribution in [2.24, 2.45) is 0 Å². The van der Waals surface area contributed by atoms with E-state index in [9.17, 15) is 4.79 Å². The van der Waals surface area contributed by atoms with Gasteiger partial charge in [0.25, 0.3) is 0 Å². The molecule has 0 aromatic heterocycles. The van der Waals surface area contributed by atoms with Crippen LogP contribution in [0.4, 0.5) is 5.69 Å². The number of anilines is 1. The molecule has 0 saturated carbocycles. The molecule has 4 rings (SSSR count). The predicted octanol–water partition coefficient (Wildman–Crippen LogP) is 7.21. The summed E-state index contributed by atoms with van der Waals surface area (Å²) in [4.78, 5) is 14.1. The molecule has 0 aliphatic carbocycles. The first-order chi connectivity index (χ1) is 15.3. The summed E-state index contributed by atoms with van der Waals surface area (Å²) >= 11 is 0. The van der Waals surface area contributed by atoms with Gasteiger partial charge in [-0.15, -0.1) is 0 Å². The van der Waals surface area contributed by atoms with Gasteiger partial charge in [0.15, 0.2) is 0 Å². The van der Waals surface area contributed by atoms with Gasteiger partial charge in [-0.3, -0.25) is 4.79 Å². The Morgan fingerprint density at radius 2 is 1.59 bits per heavy atom. The van der Waals surface area contributed by atoms with E-state index in [0.29, 0.717) is 18.4 Å². The minimum absolute atomic E-state index is 0.00819. The lowest BCUT2D eigenvalue weighted by Crippen LogP contribution is -2.25. The Kier molecular flexibility index (Phi) is 6.10. The van der Waals surface area contributed by atoms with Gasteiger partial charge >= 0.3 is 0 Å². The highest BCUT2D eigenvalue weighted by molar-refractivity contribution is 6.00. The van der Waals surface area contributed by atoms with Crippen LogP contribution in [-0.4, -0.2) is 5.91 Å². The van der Waals surface area contributed by atoms with E-state index in [4.69, 9.17) is 4.74 Å². The summed E-state index contributed by atoms with van der Waals surface area (Å²) in [6.07, 6.45) is 0. The maximum absolute atomic E-state index is 14.1. The lowest BCUT2D eigenvalue weighted by atomic mass is 9.84. The second kappa shape index (κ2) is 8.82. The fraction of sp³-hybridized carbons (Fsp3) is 0.345. The van der Waals surface area contributed by atoms with Gasteiger partial charge in [0.2, 0.25) is 5.91 Å². The molecule has 3 nitrogen and oxygen atoms in total. The third-order valence-electron chi connectivity index (χ3n) is 6.41. The fourth-order valence-corrected chi connectivity index (χ4v) is 4.85. The number of aryl methyl sites for hydroxylation is 2. The van der Waals surface area contributed by atoms with Crippen LogP contribution in [-0.2, 0) is 11.4 Å². The number of hydrogen-bond donors (Lipinski definition) is 1. The van der Waals surface area contributed by atoms with Crippen LogP contribution in [0, 0.1) is 13.8 Å². The average Bonchev–Trinajstić information content (AvgIpc) is 2.90. The zero-order valence-corrected chi connectivity index (χ0v) is 20.0. The molecule has 3 aromatic rings. The number of carbonyl (C=O) groups is 1. The van der Waals surface area contributed by atoms with E-state index in [-0.39, 0.29) is 5.91 Å². The second-order valence-corrected chi connectivity index (χ2v) is 9.52. The average molecular weight is 428 g/mol. The minimum atomic E-state index is -0.426. The molecule has 32 heavy (non-hydrogen) atoms. The number of rotatable bonds is 4. The molecule has 1 aliphatic rings. The molecule has 1 heterocycles. The van der Waals surface area contributed by atoms with Crippen LogP contribution in [0.1, 0.15) is 84.4 Å². The molecule has 3 heteroatoms. The highest BCUT2D eigenvalue weighted by atomic mass is 16.5. The van der Waals surface area contributed by atoms with Crippen molar-refractivity contribution in [2.75, 3.05) is 5.32 Å². The molecular formula is C29H33NO2. The smallest absolute Gasteiger partial charge is 0.236 e. The van der Waals surface area contributed by atoms with E-state index in [1.807, 2.05) is 12.1 Å². The van der Waals surface area contributed by atoms with Crippen LogP contribution >= 0.6 is 0 Å². The lowest BCUT2D eigenvalue weighted by Gasteiger charge is -2.25. The first kappa shape index (κ1) is 22.1. The van der Waals surface area contributed by atoms with Crippen molar-refractivity contribution >= 4 is 11.6 Å². The SMILES string of the molecule is Cc1cc(C)c2c(c1)OCc1ccccc1C2C(=O)Nc1c(C(C)C)cccc1C(C)C. The lowest BCUT2D eigenvalue weighted by molar-refractivity contribution is -0.116. The molecule has 1 aliphatic heterocycles. The standard InChI is InChI=1S/C29H33NO2/c1-17(2)22-12-9-13-23(18(3)4)28(22)30-29(31)27-24-11-8-7-10-21(24)16-32-25-15-19(5)14-20(6)26(25)27/h7-15,17-18,27H,16H2,1-6H3,(H,30,31). The minimum Gasteiger partial charge on any atom is -0.489 e. The van der Waals surface area contributed by atoms with Gasteiger partial charge < -0.3 is 10.1 Å². The van der Waals surface area contributed by atoms with Crippen LogP contribution in [0.2, 0.25) is 0 Å². The van der Waals surface area contributed by atoms with Crippen molar-refractivity contribution in [3.8, 4) is 5.75 Å². The Bertz CT molecular complexity index is 1130. The monoisotopic (exact) mass is 427 g/mol. The Labute approximate surface area is 191 Å². The summed E-state index contributed by atoms with van der Waals surface area (Å²) in [6.45, 7) is 13.3. The molecule has 0 radical (unpaired) electrons. The van der Waals surface area contributed by atoms with Crippen molar-refractivity contribution in [3.63, 3.8) is 0 Å². The number of ether oxygens (including phenoxy) is 1. The summed E-state index contributed by atoms with van der Waals surface area (Å²) in [6, 6.07) is 18.7. The maximum Gasteiger partial charge on any atom is 0.236 e. The molecule has 0 saturated heterocycles. The summed E-state index contributed by atoms with van der Waals surface area (Å²) < 4.78 is 6.21. The normalized spacial score (nSPS) is 15.1. The number of fused-ring (bicyclic) bond motifs is 2. The van der Waals surface area contributed by atoms with E-state index in [2.05, 4.69) is 89.3 Å². The van der Waals surface area contributed by atoms with E-state index >= 15 is 0 Å². The predicted molar refractivity (Wildman–Crippen MR) is 132 cm³/mol. The highest BCUT2D eigenvalue weighted by Gasteiger charge is 2.33. The van der Waals surface area contributed by atoms with Gasteiger partial charge in [-0.25, -0.2) is 0 Å². The molecular weight excluding hydrogens is 394 g/mol. The van der Waals surface area contributed by atoms with Gasteiger partial charge in [-0.05, 0) is 65.1 Å². The highest BCUT2D eigenvalue weighted by Crippen LogP contribution is 2.41. The second-order valence-electron chi connectivity index (χ2n) is 9.52. The maximum atomic E-state index is 14.1. The van der Waals surface area contributed by atoms with Crippen LogP contribution in [0.15, 0.2) is 54.6 Å². The Morgan fingerprint density at radius 1 is 0.938 bits per heavy atom. The third kappa shape index (κ3) is 4.04. The topological polar surface area (TPSA) is 38.3 Å². The van der Waals surface area contributed by atoms with Gasteiger partial charge in [-0.1, -0.05) is 76.2 Å². The van der Waals surface area contributed by atoms with Gasteiger partial charge in [0.05, 0.1) is 5.92 Å². The first-order valence-electron chi connectivity index (χ1n) is 11.5. The van der Waals surface area contributed by atoms with Crippen LogP contribution in [0.25, 0.3) is 0 Å². The van der Waals surface area contributed by atoms with Gasteiger partial charge in [-0.2, -0.15) is 0 Å². The summed E-state index contributed by atoms with van der Waals surface area (Å²) in [7, 11) is 0. The summed E-state index contributed by atoms with van der Waals surface area (Å²) in [5, 5.41) is 3.37. The quantitative estimate of drug-likeness (QED) is 0.477. The molecule has 0 bridgehead atoms. The van der Waals surface area contributed by atoms with Gasteiger partial charge in [0, 0.05) is 11.3 Å². The Morgan fingerprint density at radius 3 is 2.25 bits per heavy atom. The van der Waals surface area contributed by atoms with Crippen molar-refractivity contribution in [2.45, 2.75) is 65.9 Å². The van der Waals surface area contributed by atoms with E-state index in [0.717, 1.165) is 39.3 Å². The number of amides is 1. The summed E-state index contributed by atoms with van der Waals surface area (Å²) in [5.74, 6) is 0.992. The largest absolute Gasteiger partial charge is 0.489 e. The summed E-state index contributed by atoms with van der Waals surface area (Å²) in [5.41, 5.74) is 8.55. The molecule has 1 N–H and O–H groups in total. The van der Waals surface area contributed by atoms with E-state index < -0.39 is 5.92 Å². The Hall–Kier alpha value is -3.07. The number of hydrogen-bond acceptors (Lipinski definition) is 2. The van der Waals surface area contributed by atoms with Gasteiger partial charge in [0.1, 0.15) is 12.4 Å². The Balaban J connectivity index is 1.87. The van der Waals surface area contributed by atoms with E-state index in [1.165, 1.54) is 11.1 Å². The molecule has 3 aromatic carbocycles. The molecule has 0 fully saturated rings. The van der Waals surface area contributed by atoms with Crippen molar-refractivity contribution in [1.82, 2.24) is 0 Å². The van der Waals surface area contributed by atoms with Crippen LogP contribution in [0.5, 0.6) is 5.75 Å².